The van der Waals surface area contributed by atoms with Gasteiger partial charge in [0.2, 0.25) is 0 Å². The zero-order valence-corrected chi connectivity index (χ0v) is 12.0. The van der Waals surface area contributed by atoms with Crippen LogP contribution in [-0.4, -0.2) is 23.6 Å². The Labute approximate surface area is 121 Å². The molecular weight excluding hydrogens is 270 g/mol. The molecule has 0 radical (unpaired) electrons. The number of rotatable bonds is 5. The molecule has 0 N–H and O–H groups in total. The predicted molar refractivity (Wildman–Crippen MR) is 81.0 cm³/mol. The van der Waals surface area contributed by atoms with Crippen LogP contribution in [-0.2, 0) is 6.42 Å². The van der Waals surface area contributed by atoms with Gasteiger partial charge in [-0.2, -0.15) is 0 Å². The zero-order valence-electron chi connectivity index (χ0n) is 11.2. The van der Waals surface area contributed by atoms with Crippen LogP contribution in [0.5, 0.6) is 0 Å². The first-order chi connectivity index (χ1) is 9.83. The molecule has 4 nitrogen and oxygen atoms in total. The molecule has 3 aromatic rings. The molecule has 102 valence electrons. The summed E-state index contributed by atoms with van der Waals surface area (Å²) < 4.78 is 5.36. The first-order valence-corrected chi connectivity index (χ1v) is 7.25. The molecule has 3 rings (SSSR count). The molecule has 0 aliphatic rings. The number of likely N-dealkylation sites (N-methyl/N-ethyl adjacent to an activating group) is 1. The molecule has 20 heavy (non-hydrogen) atoms. The van der Waals surface area contributed by atoms with Crippen molar-refractivity contribution < 1.29 is 4.42 Å². The van der Waals surface area contributed by atoms with E-state index in [1.807, 2.05) is 36.7 Å². The molecule has 0 bridgehead atoms. The largest absolute Gasteiger partial charge is 0.462 e. The normalized spacial score (nSPS) is 10.7. The van der Waals surface area contributed by atoms with E-state index in [9.17, 15) is 0 Å². The lowest BCUT2D eigenvalue weighted by Gasteiger charge is -2.15. The highest BCUT2D eigenvalue weighted by Gasteiger charge is 2.10. The van der Waals surface area contributed by atoms with Crippen LogP contribution in [0.4, 0.5) is 5.00 Å². The Hall–Kier alpha value is -2.14. The van der Waals surface area contributed by atoms with Crippen LogP contribution in [0.15, 0.2) is 53.4 Å². The molecule has 0 spiro atoms. The van der Waals surface area contributed by atoms with Crippen LogP contribution in [0, 0.1) is 0 Å². The van der Waals surface area contributed by atoms with Gasteiger partial charge < -0.3 is 9.32 Å². The van der Waals surface area contributed by atoms with Crippen molar-refractivity contribution in [3.63, 3.8) is 0 Å². The number of hydrogen-bond acceptors (Lipinski definition) is 5. The second-order valence-electron chi connectivity index (χ2n) is 4.47. The molecule has 0 amide bonds. The number of aromatic nitrogens is 2. The van der Waals surface area contributed by atoms with Crippen molar-refractivity contribution in [3.8, 4) is 10.8 Å². The van der Waals surface area contributed by atoms with E-state index in [1.165, 1.54) is 0 Å². The summed E-state index contributed by atoms with van der Waals surface area (Å²) in [5, 5.41) is 2.04. The third-order valence-electron chi connectivity index (χ3n) is 3.03. The fourth-order valence-electron chi connectivity index (χ4n) is 1.89. The van der Waals surface area contributed by atoms with Crippen LogP contribution in [0.2, 0.25) is 0 Å². The van der Waals surface area contributed by atoms with Crippen LogP contribution in [0.25, 0.3) is 10.8 Å². The Balaban J connectivity index is 1.64. The van der Waals surface area contributed by atoms with Gasteiger partial charge in [-0.3, -0.25) is 4.98 Å². The molecule has 0 aliphatic carbocycles. The Bertz CT molecular complexity index is 649. The van der Waals surface area contributed by atoms with Crippen LogP contribution in [0.3, 0.4) is 0 Å². The molecule has 0 aliphatic heterocycles. The number of pyridine rings is 1. The van der Waals surface area contributed by atoms with Crippen molar-refractivity contribution >= 4 is 16.3 Å². The molecule has 5 heteroatoms. The first kappa shape index (κ1) is 12.9. The highest BCUT2D eigenvalue weighted by Crippen LogP contribution is 2.30. The molecular formula is C15H15N3OS. The van der Waals surface area contributed by atoms with Gasteiger partial charge >= 0.3 is 0 Å². The maximum atomic E-state index is 5.36. The van der Waals surface area contributed by atoms with Gasteiger partial charge in [-0.25, -0.2) is 4.98 Å². The smallest absolute Gasteiger partial charge is 0.162 e. The van der Waals surface area contributed by atoms with E-state index in [1.54, 1.807) is 17.6 Å². The molecule has 0 atom stereocenters. The third kappa shape index (κ3) is 2.88. The average Bonchev–Trinajstić information content (AvgIpc) is 3.16. The van der Waals surface area contributed by atoms with E-state index < -0.39 is 0 Å². The SMILES string of the molecule is CN(CCc1ccccn1)c1cnc(-c2ccco2)s1. The van der Waals surface area contributed by atoms with E-state index in [-0.39, 0.29) is 0 Å². The second-order valence-corrected chi connectivity index (χ2v) is 5.48. The molecule has 3 heterocycles. The van der Waals surface area contributed by atoms with Crippen molar-refractivity contribution in [2.45, 2.75) is 6.42 Å². The molecule has 0 fully saturated rings. The van der Waals surface area contributed by atoms with E-state index in [0.29, 0.717) is 0 Å². The van der Waals surface area contributed by atoms with Gasteiger partial charge in [0.25, 0.3) is 0 Å². The lowest BCUT2D eigenvalue weighted by Crippen LogP contribution is -2.19. The average molecular weight is 285 g/mol. The summed E-state index contributed by atoms with van der Waals surface area (Å²) in [7, 11) is 2.07. The topological polar surface area (TPSA) is 42.2 Å². The summed E-state index contributed by atoms with van der Waals surface area (Å²) in [4.78, 5) is 10.9. The summed E-state index contributed by atoms with van der Waals surface area (Å²) in [6, 6.07) is 9.81. The Kier molecular flexibility index (Phi) is 3.78. The van der Waals surface area contributed by atoms with Crippen LogP contribution < -0.4 is 4.90 Å². The minimum absolute atomic E-state index is 0.819. The van der Waals surface area contributed by atoms with E-state index >= 15 is 0 Å². The van der Waals surface area contributed by atoms with Gasteiger partial charge in [-0.05, 0) is 24.3 Å². The summed E-state index contributed by atoms with van der Waals surface area (Å²) in [5.41, 5.74) is 1.11. The van der Waals surface area contributed by atoms with E-state index in [2.05, 4.69) is 28.0 Å². The van der Waals surface area contributed by atoms with Crippen LogP contribution >= 0.6 is 11.3 Å². The lowest BCUT2D eigenvalue weighted by atomic mass is 10.2. The van der Waals surface area contributed by atoms with Crippen molar-refractivity contribution in [1.29, 1.82) is 0 Å². The van der Waals surface area contributed by atoms with Gasteiger partial charge in [0.1, 0.15) is 5.00 Å². The van der Waals surface area contributed by atoms with Crippen molar-refractivity contribution in [3.05, 3.63) is 54.7 Å². The number of nitrogens with zero attached hydrogens (tertiary/aromatic N) is 3. The third-order valence-corrected chi connectivity index (χ3v) is 4.16. The number of anilines is 1. The van der Waals surface area contributed by atoms with Crippen molar-refractivity contribution in [2.24, 2.45) is 0 Å². The van der Waals surface area contributed by atoms with Gasteiger partial charge in [0, 0.05) is 31.9 Å². The maximum Gasteiger partial charge on any atom is 0.162 e. The fourth-order valence-corrected chi connectivity index (χ4v) is 2.77. The molecule has 0 saturated carbocycles. The number of furan rings is 1. The van der Waals surface area contributed by atoms with Gasteiger partial charge in [0.05, 0.1) is 12.5 Å². The summed E-state index contributed by atoms with van der Waals surface area (Å²) in [5.74, 6) is 0.819. The number of thiazole rings is 1. The standard InChI is InChI=1S/C15H15N3OS/c1-18(9-7-12-5-2-3-8-16-12)14-11-17-15(20-14)13-6-4-10-19-13/h2-6,8,10-11H,7,9H2,1H3. The predicted octanol–water partition coefficient (Wildman–Crippen LogP) is 3.48. The zero-order chi connectivity index (χ0) is 13.8. The Morgan fingerprint density at radius 2 is 2.15 bits per heavy atom. The Morgan fingerprint density at radius 3 is 2.90 bits per heavy atom. The summed E-state index contributed by atoms with van der Waals surface area (Å²) >= 11 is 1.63. The maximum absolute atomic E-state index is 5.36. The second kappa shape index (κ2) is 5.88. The summed E-state index contributed by atoms with van der Waals surface area (Å²) in [6.45, 7) is 0.913. The van der Waals surface area contributed by atoms with Gasteiger partial charge in [-0.1, -0.05) is 17.4 Å². The van der Waals surface area contributed by atoms with Gasteiger partial charge in [0.15, 0.2) is 10.8 Å². The highest BCUT2D eigenvalue weighted by atomic mass is 32.1. The number of hydrogen-bond donors (Lipinski definition) is 0. The minimum Gasteiger partial charge on any atom is -0.462 e. The van der Waals surface area contributed by atoms with Gasteiger partial charge in [-0.15, -0.1) is 0 Å². The first-order valence-electron chi connectivity index (χ1n) is 6.43. The highest BCUT2D eigenvalue weighted by molar-refractivity contribution is 7.18. The fraction of sp³-hybridized carbons (Fsp3) is 0.200. The molecule has 0 unspecified atom stereocenters. The molecule has 3 aromatic heterocycles. The summed E-state index contributed by atoms with van der Waals surface area (Å²) in [6.07, 6.45) is 6.31. The quantitative estimate of drug-likeness (QED) is 0.720. The van der Waals surface area contributed by atoms with Crippen LogP contribution in [0.1, 0.15) is 5.69 Å². The molecule has 0 aromatic carbocycles. The van der Waals surface area contributed by atoms with E-state index in [0.717, 1.165) is 34.4 Å². The minimum atomic E-state index is 0.819. The molecule has 0 saturated heterocycles. The van der Waals surface area contributed by atoms with Crippen molar-refractivity contribution in [2.75, 3.05) is 18.5 Å². The van der Waals surface area contributed by atoms with E-state index in [4.69, 9.17) is 4.42 Å². The van der Waals surface area contributed by atoms with Crippen molar-refractivity contribution in [1.82, 2.24) is 9.97 Å². The Morgan fingerprint density at radius 1 is 1.20 bits per heavy atom. The lowest BCUT2D eigenvalue weighted by molar-refractivity contribution is 0.582. The monoisotopic (exact) mass is 285 g/mol.